The Bertz CT molecular complexity index is 587. The maximum Gasteiger partial charge on any atom is 0.225 e. The second-order valence-corrected chi connectivity index (χ2v) is 7.71. The molecular formula is C20H30N2O3. The molecule has 1 aromatic rings. The number of hydrogen-bond acceptors (Lipinski definition) is 3. The summed E-state index contributed by atoms with van der Waals surface area (Å²) in [5.74, 6) is 0.759. The maximum atomic E-state index is 12.0. The summed E-state index contributed by atoms with van der Waals surface area (Å²) in [6.07, 6.45) is 5.97. The predicted octanol–water partition coefficient (Wildman–Crippen LogP) is 3.89. The Morgan fingerprint density at radius 1 is 1.20 bits per heavy atom. The molecule has 1 aliphatic carbocycles. The van der Waals surface area contributed by atoms with Crippen LogP contribution in [-0.4, -0.2) is 24.5 Å². The van der Waals surface area contributed by atoms with Gasteiger partial charge in [0.05, 0.1) is 6.10 Å². The summed E-state index contributed by atoms with van der Waals surface area (Å²) in [5.41, 5.74) is 0.349. The van der Waals surface area contributed by atoms with Crippen molar-refractivity contribution < 1.29 is 14.3 Å². The van der Waals surface area contributed by atoms with Gasteiger partial charge in [0, 0.05) is 30.1 Å². The Labute approximate surface area is 150 Å². The van der Waals surface area contributed by atoms with E-state index in [-0.39, 0.29) is 11.8 Å². The monoisotopic (exact) mass is 346 g/mol. The molecule has 0 spiro atoms. The molecule has 0 saturated heterocycles. The molecule has 1 fully saturated rings. The van der Waals surface area contributed by atoms with E-state index in [2.05, 4.69) is 10.6 Å². The number of carbonyl (C=O) groups is 2. The van der Waals surface area contributed by atoms with Crippen molar-refractivity contribution >= 4 is 17.5 Å². The lowest BCUT2D eigenvalue weighted by molar-refractivity contribution is -0.128. The zero-order valence-electron chi connectivity index (χ0n) is 15.6. The van der Waals surface area contributed by atoms with Gasteiger partial charge in [0.25, 0.3) is 0 Å². The Hall–Kier alpha value is -2.04. The highest BCUT2D eigenvalue weighted by molar-refractivity contribution is 5.90. The third kappa shape index (κ3) is 6.77. The molecule has 0 heterocycles. The highest BCUT2D eigenvalue weighted by atomic mass is 16.5. The number of rotatable bonds is 7. The van der Waals surface area contributed by atoms with Gasteiger partial charge in [-0.25, -0.2) is 0 Å². The number of hydrogen-bond donors (Lipinski definition) is 2. The van der Waals surface area contributed by atoms with Crippen LogP contribution in [-0.2, 0) is 9.59 Å². The van der Waals surface area contributed by atoms with Crippen LogP contribution >= 0.6 is 0 Å². The first kappa shape index (κ1) is 19.3. The van der Waals surface area contributed by atoms with Gasteiger partial charge in [-0.2, -0.15) is 0 Å². The SMILES string of the molecule is CC(C)(C)C(=O)NCCCC(=O)Nc1cccc(OC2CCCC2)c1. The molecule has 0 bridgehead atoms. The van der Waals surface area contributed by atoms with Crippen molar-refractivity contribution in [3.8, 4) is 5.75 Å². The molecule has 1 aromatic carbocycles. The van der Waals surface area contributed by atoms with Gasteiger partial charge in [0.1, 0.15) is 5.75 Å². The fourth-order valence-electron chi connectivity index (χ4n) is 2.79. The van der Waals surface area contributed by atoms with E-state index in [0.29, 0.717) is 25.5 Å². The van der Waals surface area contributed by atoms with Gasteiger partial charge in [-0.1, -0.05) is 26.8 Å². The Balaban J connectivity index is 1.72. The maximum absolute atomic E-state index is 12.0. The zero-order chi connectivity index (χ0) is 18.3. The quantitative estimate of drug-likeness (QED) is 0.736. The topological polar surface area (TPSA) is 67.4 Å². The van der Waals surface area contributed by atoms with Crippen molar-refractivity contribution in [2.24, 2.45) is 5.41 Å². The van der Waals surface area contributed by atoms with Crippen molar-refractivity contribution in [3.63, 3.8) is 0 Å². The summed E-state index contributed by atoms with van der Waals surface area (Å²) in [6.45, 7) is 6.12. The van der Waals surface area contributed by atoms with Crippen molar-refractivity contribution in [2.45, 2.75) is 65.4 Å². The van der Waals surface area contributed by atoms with Crippen LogP contribution in [0.4, 0.5) is 5.69 Å². The molecule has 0 atom stereocenters. The molecule has 2 N–H and O–H groups in total. The molecule has 1 aliphatic rings. The van der Waals surface area contributed by atoms with Gasteiger partial charge in [-0.15, -0.1) is 0 Å². The summed E-state index contributed by atoms with van der Waals surface area (Å²) >= 11 is 0. The van der Waals surface area contributed by atoms with E-state index in [1.54, 1.807) is 0 Å². The lowest BCUT2D eigenvalue weighted by atomic mass is 9.96. The van der Waals surface area contributed by atoms with Crippen LogP contribution in [0.5, 0.6) is 5.75 Å². The minimum atomic E-state index is -0.401. The van der Waals surface area contributed by atoms with Crippen LogP contribution in [0, 0.1) is 5.41 Å². The van der Waals surface area contributed by atoms with Crippen LogP contribution in [0.3, 0.4) is 0 Å². The van der Waals surface area contributed by atoms with E-state index in [1.807, 2.05) is 45.0 Å². The molecule has 25 heavy (non-hydrogen) atoms. The van der Waals surface area contributed by atoms with Crippen molar-refractivity contribution in [1.29, 1.82) is 0 Å². The summed E-state index contributed by atoms with van der Waals surface area (Å²) in [6, 6.07) is 7.55. The molecule has 0 radical (unpaired) electrons. The number of ether oxygens (including phenoxy) is 1. The third-order valence-corrected chi connectivity index (χ3v) is 4.27. The molecule has 0 aliphatic heterocycles. The minimum Gasteiger partial charge on any atom is -0.490 e. The Morgan fingerprint density at radius 3 is 2.60 bits per heavy atom. The second-order valence-electron chi connectivity index (χ2n) is 7.71. The van der Waals surface area contributed by atoms with Crippen LogP contribution in [0.15, 0.2) is 24.3 Å². The van der Waals surface area contributed by atoms with E-state index >= 15 is 0 Å². The Kier molecular flexibility index (Phi) is 6.85. The number of benzene rings is 1. The first-order chi connectivity index (χ1) is 11.8. The lowest BCUT2D eigenvalue weighted by Crippen LogP contribution is -2.35. The van der Waals surface area contributed by atoms with E-state index in [1.165, 1.54) is 12.8 Å². The largest absolute Gasteiger partial charge is 0.490 e. The molecule has 0 aromatic heterocycles. The molecule has 138 valence electrons. The van der Waals surface area contributed by atoms with E-state index in [0.717, 1.165) is 24.3 Å². The van der Waals surface area contributed by atoms with Gasteiger partial charge >= 0.3 is 0 Å². The van der Waals surface area contributed by atoms with Gasteiger partial charge < -0.3 is 15.4 Å². The van der Waals surface area contributed by atoms with E-state index in [4.69, 9.17) is 4.74 Å². The normalized spacial score (nSPS) is 15.0. The molecule has 2 amide bonds. The van der Waals surface area contributed by atoms with E-state index in [9.17, 15) is 9.59 Å². The standard InChI is InChI=1S/C20H30N2O3/c1-20(2,3)19(24)21-13-7-12-18(23)22-15-8-6-11-17(14-15)25-16-9-4-5-10-16/h6,8,11,14,16H,4-5,7,9-10,12-13H2,1-3H3,(H,21,24)(H,22,23). The average Bonchev–Trinajstić information content (AvgIpc) is 3.03. The van der Waals surface area contributed by atoms with Crippen LogP contribution < -0.4 is 15.4 Å². The molecular weight excluding hydrogens is 316 g/mol. The van der Waals surface area contributed by atoms with Crippen LogP contribution in [0.25, 0.3) is 0 Å². The van der Waals surface area contributed by atoms with Crippen LogP contribution in [0.1, 0.15) is 59.3 Å². The number of carbonyl (C=O) groups excluding carboxylic acids is 2. The van der Waals surface area contributed by atoms with Gasteiger partial charge in [0.2, 0.25) is 11.8 Å². The van der Waals surface area contributed by atoms with Gasteiger partial charge in [-0.3, -0.25) is 9.59 Å². The van der Waals surface area contributed by atoms with Crippen molar-refractivity contribution in [2.75, 3.05) is 11.9 Å². The summed E-state index contributed by atoms with van der Waals surface area (Å²) in [7, 11) is 0. The van der Waals surface area contributed by atoms with Crippen molar-refractivity contribution in [3.05, 3.63) is 24.3 Å². The summed E-state index contributed by atoms with van der Waals surface area (Å²) < 4.78 is 5.96. The highest BCUT2D eigenvalue weighted by Gasteiger charge is 2.20. The minimum absolute atomic E-state index is 0.00432. The Morgan fingerprint density at radius 2 is 1.92 bits per heavy atom. The molecule has 5 nitrogen and oxygen atoms in total. The molecule has 1 saturated carbocycles. The van der Waals surface area contributed by atoms with Crippen LogP contribution in [0.2, 0.25) is 0 Å². The van der Waals surface area contributed by atoms with Gasteiger partial charge in [0.15, 0.2) is 0 Å². The third-order valence-electron chi connectivity index (χ3n) is 4.27. The number of amides is 2. The highest BCUT2D eigenvalue weighted by Crippen LogP contribution is 2.25. The predicted molar refractivity (Wildman–Crippen MR) is 99.7 cm³/mol. The average molecular weight is 346 g/mol. The summed E-state index contributed by atoms with van der Waals surface area (Å²) in [5, 5.41) is 5.75. The molecule has 2 rings (SSSR count). The van der Waals surface area contributed by atoms with Gasteiger partial charge in [-0.05, 0) is 44.2 Å². The fraction of sp³-hybridized carbons (Fsp3) is 0.600. The smallest absolute Gasteiger partial charge is 0.225 e. The second kappa shape index (κ2) is 8.88. The lowest BCUT2D eigenvalue weighted by Gasteiger charge is -2.17. The molecule has 5 heteroatoms. The number of anilines is 1. The summed E-state index contributed by atoms with van der Waals surface area (Å²) in [4.78, 5) is 23.8. The first-order valence-electron chi connectivity index (χ1n) is 9.19. The van der Waals surface area contributed by atoms with E-state index < -0.39 is 5.41 Å². The molecule has 0 unspecified atom stereocenters. The van der Waals surface area contributed by atoms with Crippen molar-refractivity contribution in [1.82, 2.24) is 5.32 Å². The fourth-order valence-corrected chi connectivity index (χ4v) is 2.79. The number of nitrogens with one attached hydrogen (secondary N) is 2. The zero-order valence-corrected chi connectivity index (χ0v) is 15.6. The first-order valence-corrected chi connectivity index (χ1v) is 9.19.